The zero-order valence-electron chi connectivity index (χ0n) is 20.0. The van der Waals surface area contributed by atoms with Gasteiger partial charge in [-0.3, -0.25) is 4.98 Å². The van der Waals surface area contributed by atoms with Crippen LogP contribution in [0.3, 0.4) is 0 Å². The highest BCUT2D eigenvalue weighted by Crippen LogP contribution is 2.39. The van der Waals surface area contributed by atoms with E-state index in [0.29, 0.717) is 38.9 Å². The van der Waals surface area contributed by atoms with Crippen molar-refractivity contribution in [2.24, 2.45) is 0 Å². The molecular weight excluding hydrogens is 494 g/mol. The van der Waals surface area contributed by atoms with Crippen molar-refractivity contribution >= 4 is 40.2 Å². The van der Waals surface area contributed by atoms with Gasteiger partial charge in [-0.25, -0.2) is 9.59 Å². The molecule has 0 unspecified atom stereocenters. The second-order valence-corrected chi connectivity index (χ2v) is 8.94. The summed E-state index contributed by atoms with van der Waals surface area (Å²) in [7, 11) is 1.31. The zero-order chi connectivity index (χ0) is 25.8. The molecule has 5 rings (SSSR count). The number of benzene rings is 3. The van der Waals surface area contributed by atoms with Gasteiger partial charge < -0.3 is 24.8 Å². The predicted molar refractivity (Wildman–Crippen MR) is 141 cm³/mol. The van der Waals surface area contributed by atoms with E-state index in [1.807, 2.05) is 30.3 Å². The summed E-state index contributed by atoms with van der Waals surface area (Å²) in [5, 5.41) is 6.54. The van der Waals surface area contributed by atoms with E-state index in [2.05, 4.69) is 15.6 Å². The van der Waals surface area contributed by atoms with Gasteiger partial charge in [-0.05, 0) is 42.7 Å². The van der Waals surface area contributed by atoms with Crippen LogP contribution in [0.4, 0.5) is 10.5 Å². The molecule has 0 spiro atoms. The average Bonchev–Trinajstić information content (AvgIpc) is 3.73. The molecule has 1 saturated carbocycles. The number of hydrogen-bond acceptors (Lipinski definition) is 6. The van der Waals surface area contributed by atoms with E-state index in [4.69, 9.17) is 25.8 Å². The summed E-state index contributed by atoms with van der Waals surface area (Å²) in [5.74, 6) is 0.545. The number of urea groups is 1. The SMILES string of the molecule is COC(=O)c1cc2c(Oc3cccc(Cl)c3NC(=O)NC3CC3)ccnc2cc1OCc1ccccc1. The summed E-state index contributed by atoms with van der Waals surface area (Å²) in [6, 6.07) is 19.5. The maximum atomic E-state index is 12.6. The smallest absolute Gasteiger partial charge is 0.341 e. The average molecular weight is 518 g/mol. The number of hydrogen-bond donors (Lipinski definition) is 2. The third-order valence-corrected chi connectivity index (χ3v) is 6.11. The number of para-hydroxylation sites is 1. The Morgan fingerprint density at radius 3 is 2.57 bits per heavy atom. The van der Waals surface area contributed by atoms with Gasteiger partial charge in [-0.15, -0.1) is 0 Å². The number of aromatic nitrogens is 1. The highest BCUT2D eigenvalue weighted by molar-refractivity contribution is 6.34. The molecule has 0 saturated heterocycles. The van der Waals surface area contributed by atoms with Crippen LogP contribution in [0.5, 0.6) is 17.2 Å². The highest BCUT2D eigenvalue weighted by atomic mass is 35.5. The number of halogens is 1. The van der Waals surface area contributed by atoms with E-state index >= 15 is 0 Å². The molecule has 8 nitrogen and oxygen atoms in total. The van der Waals surface area contributed by atoms with Gasteiger partial charge in [0.05, 0.1) is 17.6 Å². The third-order valence-electron chi connectivity index (χ3n) is 5.79. The van der Waals surface area contributed by atoms with Gasteiger partial charge >= 0.3 is 12.0 Å². The first-order valence-corrected chi connectivity index (χ1v) is 12.1. The van der Waals surface area contributed by atoms with Gasteiger partial charge in [-0.2, -0.15) is 0 Å². The number of methoxy groups -OCH3 is 1. The van der Waals surface area contributed by atoms with E-state index in [9.17, 15) is 9.59 Å². The van der Waals surface area contributed by atoms with Crippen molar-refractivity contribution in [3.8, 4) is 17.2 Å². The number of anilines is 1. The highest BCUT2D eigenvalue weighted by Gasteiger charge is 2.24. The lowest BCUT2D eigenvalue weighted by molar-refractivity contribution is 0.0595. The standard InChI is InChI=1S/C28H24ClN3O5/c1-35-27(33)20-14-19-22(15-25(20)36-16-17-6-3-2-4-7-17)30-13-12-23(19)37-24-9-5-8-21(29)26(24)32-28(34)31-18-10-11-18/h2-9,12-15,18H,10-11,16H2,1H3,(H2,31,32,34). The fraction of sp³-hybridized carbons (Fsp3) is 0.179. The van der Waals surface area contributed by atoms with Crippen molar-refractivity contribution in [1.82, 2.24) is 10.3 Å². The number of nitrogens with one attached hydrogen (secondary N) is 2. The van der Waals surface area contributed by atoms with Crippen LogP contribution < -0.4 is 20.1 Å². The van der Waals surface area contributed by atoms with Gasteiger partial charge in [0.15, 0.2) is 5.75 Å². The summed E-state index contributed by atoms with van der Waals surface area (Å²) in [5.41, 5.74) is 2.08. The molecule has 3 aromatic carbocycles. The summed E-state index contributed by atoms with van der Waals surface area (Å²) in [4.78, 5) is 29.4. The lowest BCUT2D eigenvalue weighted by atomic mass is 10.1. The van der Waals surface area contributed by atoms with E-state index in [1.54, 1.807) is 42.6 Å². The van der Waals surface area contributed by atoms with Crippen LogP contribution in [-0.4, -0.2) is 30.1 Å². The van der Waals surface area contributed by atoms with Crippen LogP contribution >= 0.6 is 11.6 Å². The van der Waals surface area contributed by atoms with Gasteiger partial charge in [0.2, 0.25) is 0 Å². The molecular formula is C28H24ClN3O5. The second kappa shape index (κ2) is 10.8. The summed E-state index contributed by atoms with van der Waals surface area (Å²) in [6.07, 6.45) is 3.51. The van der Waals surface area contributed by atoms with Crippen molar-refractivity contribution < 1.29 is 23.8 Å². The maximum Gasteiger partial charge on any atom is 0.341 e. The van der Waals surface area contributed by atoms with Gasteiger partial charge in [-0.1, -0.05) is 48.0 Å². The fourth-order valence-electron chi connectivity index (χ4n) is 3.75. The molecule has 2 N–H and O–H groups in total. The molecule has 4 aromatic rings. The molecule has 188 valence electrons. The van der Waals surface area contributed by atoms with E-state index in [1.165, 1.54) is 7.11 Å². The minimum Gasteiger partial charge on any atom is -0.488 e. The van der Waals surface area contributed by atoms with Crippen LogP contribution in [0.25, 0.3) is 10.9 Å². The minimum absolute atomic E-state index is 0.186. The molecule has 0 radical (unpaired) electrons. The van der Waals surface area contributed by atoms with E-state index in [-0.39, 0.29) is 24.2 Å². The summed E-state index contributed by atoms with van der Waals surface area (Å²) in [6.45, 7) is 0.271. The Morgan fingerprint density at radius 1 is 1.00 bits per heavy atom. The lowest BCUT2D eigenvalue weighted by Gasteiger charge is -2.16. The number of fused-ring (bicyclic) bond motifs is 1. The molecule has 0 aliphatic heterocycles. The first kappa shape index (κ1) is 24.4. The topological polar surface area (TPSA) is 98.8 Å². The molecule has 37 heavy (non-hydrogen) atoms. The van der Waals surface area contributed by atoms with Crippen LogP contribution in [0.2, 0.25) is 5.02 Å². The molecule has 1 aliphatic rings. The third kappa shape index (κ3) is 5.76. The first-order valence-electron chi connectivity index (χ1n) is 11.7. The number of pyridine rings is 1. The predicted octanol–water partition coefficient (Wildman–Crippen LogP) is 6.33. The molecule has 9 heteroatoms. The van der Waals surface area contributed by atoms with Crippen LogP contribution in [0, 0.1) is 0 Å². The van der Waals surface area contributed by atoms with Crippen molar-refractivity contribution in [2.45, 2.75) is 25.5 Å². The first-order chi connectivity index (χ1) is 18.0. The van der Waals surface area contributed by atoms with Crippen molar-refractivity contribution in [3.63, 3.8) is 0 Å². The number of amides is 2. The Morgan fingerprint density at radius 2 is 1.81 bits per heavy atom. The minimum atomic E-state index is -0.554. The Labute approximate surface area is 218 Å². The Hall–Kier alpha value is -4.30. The second-order valence-electron chi connectivity index (χ2n) is 8.53. The number of carbonyl (C=O) groups is 2. The molecule has 1 aromatic heterocycles. The zero-order valence-corrected chi connectivity index (χ0v) is 20.7. The van der Waals surface area contributed by atoms with Crippen molar-refractivity contribution in [1.29, 1.82) is 0 Å². The lowest BCUT2D eigenvalue weighted by Crippen LogP contribution is -2.30. The van der Waals surface area contributed by atoms with Crippen LogP contribution in [0.1, 0.15) is 28.8 Å². The van der Waals surface area contributed by atoms with Crippen molar-refractivity contribution in [2.75, 3.05) is 12.4 Å². The van der Waals surface area contributed by atoms with Gasteiger partial charge in [0, 0.05) is 23.7 Å². The Kier molecular flexibility index (Phi) is 7.09. The summed E-state index contributed by atoms with van der Waals surface area (Å²) < 4.78 is 17.2. The van der Waals surface area contributed by atoms with Crippen LogP contribution in [-0.2, 0) is 11.3 Å². The van der Waals surface area contributed by atoms with E-state index < -0.39 is 5.97 Å². The maximum absolute atomic E-state index is 12.6. The monoisotopic (exact) mass is 517 g/mol. The Balaban J connectivity index is 1.48. The fourth-order valence-corrected chi connectivity index (χ4v) is 3.97. The number of carbonyl (C=O) groups excluding carboxylic acids is 2. The number of nitrogens with zero attached hydrogens (tertiary/aromatic N) is 1. The van der Waals surface area contributed by atoms with Crippen LogP contribution in [0.15, 0.2) is 72.9 Å². The molecule has 0 bridgehead atoms. The number of ether oxygens (including phenoxy) is 3. The largest absolute Gasteiger partial charge is 0.488 e. The number of esters is 1. The summed E-state index contributed by atoms with van der Waals surface area (Å²) >= 11 is 6.39. The van der Waals surface area contributed by atoms with E-state index in [0.717, 1.165) is 18.4 Å². The quantitative estimate of drug-likeness (QED) is 0.265. The molecule has 1 aliphatic carbocycles. The van der Waals surface area contributed by atoms with Gasteiger partial charge in [0.25, 0.3) is 0 Å². The molecule has 1 fully saturated rings. The molecule has 0 atom stereocenters. The molecule has 2 amide bonds. The number of rotatable bonds is 8. The Bertz CT molecular complexity index is 1460. The van der Waals surface area contributed by atoms with Gasteiger partial charge in [0.1, 0.15) is 29.4 Å². The molecule has 1 heterocycles. The van der Waals surface area contributed by atoms with Crippen molar-refractivity contribution in [3.05, 3.63) is 89.1 Å². The normalized spacial score (nSPS) is 12.6.